The van der Waals surface area contributed by atoms with E-state index in [1.807, 2.05) is 31.2 Å². The van der Waals surface area contributed by atoms with Crippen molar-refractivity contribution in [2.24, 2.45) is 0 Å². The van der Waals surface area contributed by atoms with Crippen molar-refractivity contribution in [3.8, 4) is 0 Å². The molecule has 0 bridgehead atoms. The molecule has 0 saturated carbocycles. The first kappa shape index (κ1) is 17.3. The number of carboxylic acids is 1. The number of piperidine rings is 1. The van der Waals surface area contributed by atoms with Gasteiger partial charge in [0.05, 0.1) is 11.4 Å². The number of nitrogens with zero attached hydrogens (tertiary/aromatic N) is 2. The van der Waals surface area contributed by atoms with E-state index >= 15 is 0 Å². The molecule has 1 aliphatic heterocycles. The summed E-state index contributed by atoms with van der Waals surface area (Å²) >= 11 is 0. The molecular formula is C17H22ClN3O2. The second kappa shape index (κ2) is 7.04. The van der Waals surface area contributed by atoms with Crippen LogP contribution in [-0.4, -0.2) is 39.5 Å². The third-order valence-electron chi connectivity index (χ3n) is 4.55. The summed E-state index contributed by atoms with van der Waals surface area (Å²) in [5.41, 5.74) is 1.36. The smallest absolute Gasteiger partial charge is 0.337 e. The average Bonchev–Trinajstić information content (AvgIpc) is 2.94. The van der Waals surface area contributed by atoms with Gasteiger partial charge in [-0.05, 0) is 18.9 Å². The molecule has 1 aromatic heterocycles. The molecular weight excluding hydrogens is 314 g/mol. The summed E-state index contributed by atoms with van der Waals surface area (Å²) in [6.07, 6.45) is 4.43. The summed E-state index contributed by atoms with van der Waals surface area (Å²) in [7, 11) is 0. The Morgan fingerprint density at radius 2 is 1.96 bits per heavy atom. The van der Waals surface area contributed by atoms with Crippen LogP contribution in [0.25, 0.3) is 10.9 Å². The Balaban J connectivity index is 0.00000192. The molecule has 3 rings (SSSR count). The average molecular weight is 336 g/mol. The summed E-state index contributed by atoms with van der Waals surface area (Å²) in [6, 6.07) is 8.00. The highest BCUT2D eigenvalue weighted by atomic mass is 35.5. The number of carbonyl (C=O) groups is 1. The van der Waals surface area contributed by atoms with Gasteiger partial charge in [-0.15, -0.1) is 12.4 Å². The monoisotopic (exact) mass is 335 g/mol. The van der Waals surface area contributed by atoms with Crippen LogP contribution in [-0.2, 0) is 0 Å². The van der Waals surface area contributed by atoms with Gasteiger partial charge >= 0.3 is 5.97 Å². The molecule has 1 saturated heterocycles. The number of hydrogen-bond donors (Lipinski definition) is 2. The van der Waals surface area contributed by atoms with E-state index in [9.17, 15) is 9.90 Å². The molecule has 1 aliphatic rings. The Kier molecular flexibility index (Phi) is 5.31. The fourth-order valence-electron chi connectivity index (χ4n) is 3.31. The number of aromatic nitrogens is 1. The van der Waals surface area contributed by atoms with E-state index in [1.165, 1.54) is 0 Å². The molecule has 0 radical (unpaired) electrons. The van der Waals surface area contributed by atoms with Crippen molar-refractivity contribution in [1.82, 2.24) is 9.47 Å². The number of halogens is 1. The number of para-hydroxylation sites is 1. The van der Waals surface area contributed by atoms with E-state index in [2.05, 4.69) is 9.47 Å². The van der Waals surface area contributed by atoms with Crippen molar-refractivity contribution in [1.29, 1.82) is 5.41 Å². The highest BCUT2D eigenvalue weighted by molar-refractivity contribution is 6.03. The molecule has 0 aliphatic carbocycles. The Morgan fingerprint density at radius 1 is 1.30 bits per heavy atom. The van der Waals surface area contributed by atoms with Crippen LogP contribution in [0.5, 0.6) is 0 Å². The van der Waals surface area contributed by atoms with E-state index in [0.717, 1.165) is 43.3 Å². The van der Waals surface area contributed by atoms with Crippen LogP contribution in [0.3, 0.4) is 0 Å². The third kappa shape index (κ3) is 3.20. The van der Waals surface area contributed by atoms with Crippen molar-refractivity contribution in [3.63, 3.8) is 0 Å². The van der Waals surface area contributed by atoms with E-state index in [-0.39, 0.29) is 12.4 Å². The topological polar surface area (TPSA) is 69.3 Å². The lowest BCUT2D eigenvalue weighted by Gasteiger charge is -2.34. The van der Waals surface area contributed by atoms with Crippen LogP contribution in [0, 0.1) is 5.41 Å². The Bertz CT molecular complexity index is 718. The molecule has 6 heteroatoms. The van der Waals surface area contributed by atoms with Gasteiger partial charge in [-0.25, -0.2) is 4.79 Å². The third-order valence-corrected chi connectivity index (χ3v) is 4.55. The number of likely N-dealkylation sites (tertiary alicyclic amines) is 1. The quantitative estimate of drug-likeness (QED) is 0.662. The first-order valence-corrected chi connectivity index (χ1v) is 7.77. The molecule has 0 unspecified atom stereocenters. The number of aromatic carboxylic acids is 1. The maximum Gasteiger partial charge on any atom is 0.337 e. The summed E-state index contributed by atoms with van der Waals surface area (Å²) < 4.78 is 2.12. The molecule has 0 amide bonds. The van der Waals surface area contributed by atoms with Crippen LogP contribution in [0.1, 0.15) is 42.6 Å². The summed E-state index contributed by atoms with van der Waals surface area (Å²) in [5.74, 6) is -0.179. The molecule has 2 heterocycles. The molecule has 0 atom stereocenters. The zero-order chi connectivity index (χ0) is 15.7. The minimum absolute atomic E-state index is 0. The zero-order valence-electron chi connectivity index (χ0n) is 13.2. The molecule has 124 valence electrons. The second-order valence-electron chi connectivity index (χ2n) is 5.79. The lowest BCUT2D eigenvalue weighted by molar-refractivity contribution is 0.0698. The van der Waals surface area contributed by atoms with Crippen molar-refractivity contribution in [2.75, 3.05) is 13.1 Å². The van der Waals surface area contributed by atoms with Gasteiger partial charge in [0.15, 0.2) is 0 Å². The number of carboxylic acid groups (broad SMARTS) is 1. The van der Waals surface area contributed by atoms with Crippen LogP contribution < -0.4 is 0 Å². The van der Waals surface area contributed by atoms with E-state index < -0.39 is 5.97 Å². The molecule has 5 nitrogen and oxygen atoms in total. The Labute approximate surface area is 141 Å². The second-order valence-corrected chi connectivity index (χ2v) is 5.79. The molecule has 23 heavy (non-hydrogen) atoms. The minimum atomic E-state index is -0.875. The fraction of sp³-hybridized carbons (Fsp3) is 0.412. The summed E-state index contributed by atoms with van der Waals surface area (Å²) in [6.45, 7) is 3.74. The zero-order valence-corrected chi connectivity index (χ0v) is 14.0. The van der Waals surface area contributed by atoms with Crippen LogP contribution in [0.4, 0.5) is 0 Å². The van der Waals surface area contributed by atoms with Gasteiger partial charge in [-0.3, -0.25) is 5.41 Å². The van der Waals surface area contributed by atoms with Crippen molar-refractivity contribution >= 4 is 35.1 Å². The van der Waals surface area contributed by atoms with Gasteiger partial charge in [-0.1, -0.05) is 25.1 Å². The highest BCUT2D eigenvalue weighted by Crippen LogP contribution is 2.30. The minimum Gasteiger partial charge on any atom is -0.478 e. The van der Waals surface area contributed by atoms with Gasteiger partial charge in [0.2, 0.25) is 0 Å². The van der Waals surface area contributed by atoms with Gasteiger partial charge in [0.25, 0.3) is 0 Å². The number of amidine groups is 1. The van der Waals surface area contributed by atoms with E-state index in [4.69, 9.17) is 5.41 Å². The van der Waals surface area contributed by atoms with Crippen molar-refractivity contribution in [3.05, 3.63) is 36.0 Å². The van der Waals surface area contributed by atoms with Crippen LogP contribution in [0.15, 0.2) is 30.5 Å². The van der Waals surface area contributed by atoms with Gasteiger partial charge in [0, 0.05) is 42.7 Å². The number of fused-ring (bicyclic) bond motifs is 1. The first-order valence-electron chi connectivity index (χ1n) is 7.77. The number of benzene rings is 1. The predicted molar refractivity (Wildman–Crippen MR) is 94.0 cm³/mol. The first-order chi connectivity index (χ1) is 10.6. The molecule has 1 fully saturated rings. The highest BCUT2D eigenvalue weighted by Gasteiger charge is 2.24. The maximum atomic E-state index is 11.4. The van der Waals surface area contributed by atoms with Gasteiger partial charge in [-0.2, -0.15) is 0 Å². The molecule has 1 aromatic carbocycles. The SMILES string of the molecule is CCC(=N)N1CCC(n2cc(C(=O)O)c3ccccc32)CC1.Cl. The normalized spacial score (nSPS) is 15.4. The maximum absolute atomic E-state index is 11.4. The van der Waals surface area contributed by atoms with E-state index in [1.54, 1.807) is 6.20 Å². The van der Waals surface area contributed by atoms with Crippen molar-refractivity contribution in [2.45, 2.75) is 32.2 Å². The largest absolute Gasteiger partial charge is 0.478 e. The lowest BCUT2D eigenvalue weighted by Crippen LogP contribution is -2.38. The van der Waals surface area contributed by atoms with Crippen LogP contribution >= 0.6 is 12.4 Å². The van der Waals surface area contributed by atoms with Gasteiger partial charge in [0.1, 0.15) is 0 Å². The Morgan fingerprint density at radius 3 is 2.57 bits per heavy atom. The summed E-state index contributed by atoms with van der Waals surface area (Å²) in [5, 5.41) is 18.1. The number of rotatable bonds is 3. The lowest BCUT2D eigenvalue weighted by atomic mass is 10.0. The molecule has 2 N–H and O–H groups in total. The number of nitrogens with one attached hydrogen (secondary N) is 1. The number of hydrogen-bond acceptors (Lipinski definition) is 2. The standard InChI is InChI=1S/C17H21N3O2.ClH/c1-2-16(18)19-9-7-12(8-10-19)20-11-14(17(21)22)13-5-3-4-6-15(13)20;/h3-6,11-12,18H,2,7-10H2,1H3,(H,21,22);1H. The van der Waals surface area contributed by atoms with Crippen molar-refractivity contribution < 1.29 is 9.90 Å². The Hall–Kier alpha value is -2.01. The summed E-state index contributed by atoms with van der Waals surface area (Å²) in [4.78, 5) is 13.6. The van der Waals surface area contributed by atoms with E-state index in [0.29, 0.717) is 17.4 Å². The fourth-order valence-corrected chi connectivity index (χ4v) is 3.31. The van der Waals surface area contributed by atoms with Gasteiger partial charge < -0.3 is 14.6 Å². The predicted octanol–water partition coefficient (Wildman–Crippen LogP) is 3.79. The molecule has 0 spiro atoms. The van der Waals surface area contributed by atoms with Crippen LogP contribution in [0.2, 0.25) is 0 Å². The molecule has 2 aromatic rings.